The van der Waals surface area contributed by atoms with Crippen LogP contribution < -0.4 is 10.5 Å². The van der Waals surface area contributed by atoms with Gasteiger partial charge in [-0.25, -0.2) is 4.39 Å². The lowest BCUT2D eigenvalue weighted by atomic mass is 10.1. The maximum Gasteiger partial charge on any atom is 0.126 e. The van der Waals surface area contributed by atoms with Gasteiger partial charge in [-0.15, -0.1) is 0 Å². The third-order valence-electron chi connectivity index (χ3n) is 2.75. The van der Waals surface area contributed by atoms with Crippen LogP contribution in [0.3, 0.4) is 0 Å². The molecule has 0 atom stereocenters. The monoisotopic (exact) mass is 275 g/mol. The van der Waals surface area contributed by atoms with Crippen LogP contribution in [-0.2, 0) is 6.61 Å². The van der Waals surface area contributed by atoms with E-state index < -0.39 is 0 Å². The molecule has 0 aliphatic carbocycles. The largest absolute Gasteiger partial charge is 0.489 e. The normalized spacial score (nSPS) is 10.2. The first-order valence-corrected chi connectivity index (χ1v) is 6.25. The van der Waals surface area contributed by atoms with Gasteiger partial charge in [0.05, 0.1) is 0 Å². The van der Waals surface area contributed by atoms with Gasteiger partial charge in [0.1, 0.15) is 23.2 Å². The van der Waals surface area contributed by atoms with E-state index in [0.29, 0.717) is 22.9 Å². The van der Waals surface area contributed by atoms with E-state index in [9.17, 15) is 4.39 Å². The summed E-state index contributed by atoms with van der Waals surface area (Å²) in [6, 6.07) is 12.2. The van der Waals surface area contributed by atoms with Gasteiger partial charge in [-0.2, -0.15) is 0 Å². The van der Waals surface area contributed by atoms with E-state index >= 15 is 0 Å². The Hall–Kier alpha value is -1.94. The molecule has 0 unspecified atom stereocenters. The minimum absolute atomic E-state index is 0.233. The highest BCUT2D eigenvalue weighted by atomic mass is 32.1. The Morgan fingerprint density at radius 2 is 2.05 bits per heavy atom. The summed E-state index contributed by atoms with van der Waals surface area (Å²) in [7, 11) is 0. The number of rotatable bonds is 4. The molecule has 0 aliphatic rings. The number of nitrogens with two attached hydrogens (primary N) is 1. The molecule has 0 bridgehead atoms. The molecule has 4 heteroatoms. The van der Waals surface area contributed by atoms with E-state index in [-0.39, 0.29) is 5.82 Å². The second-order valence-electron chi connectivity index (χ2n) is 4.26. The average Bonchev–Trinajstić information content (AvgIpc) is 2.40. The zero-order valence-corrected chi connectivity index (χ0v) is 11.3. The minimum atomic E-state index is -0.233. The van der Waals surface area contributed by atoms with Crippen molar-refractivity contribution >= 4 is 17.2 Å². The molecule has 0 spiro atoms. The summed E-state index contributed by atoms with van der Waals surface area (Å²) in [5, 5.41) is 0. The van der Waals surface area contributed by atoms with Gasteiger partial charge in [0.2, 0.25) is 0 Å². The van der Waals surface area contributed by atoms with E-state index in [1.54, 1.807) is 19.1 Å². The summed E-state index contributed by atoms with van der Waals surface area (Å²) in [5.74, 6) is 0.405. The van der Waals surface area contributed by atoms with Crippen LogP contribution in [0.25, 0.3) is 0 Å². The number of thiocarbonyl (C=S) groups is 1. The number of hydrogen-bond donors (Lipinski definition) is 1. The first-order chi connectivity index (χ1) is 9.06. The first kappa shape index (κ1) is 13.5. The smallest absolute Gasteiger partial charge is 0.126 e. The molecule has 0 radical (unpaired) electrons. The maximum absolute atomic E-state index is 13.1. The van der Waals surface area contributed by atoms with Crippen LogP contribution in [0.4, 0.5) is 4.39 Å². The molecule has 19 heavy (non-hydrogen) atoms. The van der Waals surface area contributed by atoms with Crippen molar-refractivity contribution in [2.45, 2.75) is 13.5 Å². The molecular weight excluding hydrogens is 261 g/mol. The van der Waals surface area contributed by atoms with Crippen LogP contribution in [0.15, 0.2) is 42.5 Å². The van der Waals surface area contributed by atoms with Crippen LogP contribution in [0, 0.1) is 12.7 Å². The standard InChI is InChI=1S/C15H14FNOS/c1-10-7-13(5-6-14(10)16)18-9-11-3-2-4-12(8-11)15(17)19/h2-8H,9H2,1H3,(H2,17,19). The highest BCUT2D eigenvalue weighted by Gasteiger charge is 2.02. The van der Waals surface area contributed by atoms with Crippen molar-refractivity contribution in [3.05, 3.63) is 65.0 Å². The molecule has 0 aromatic heterocycles. The Labute approximate surface area is 117 Å². The maximum atomic E-state index is 13.1. The summed E-state index contributed by atoms with van der Waals surface area (Å²) < 4.78 is 18.7. The second-order valence-corrected chi connectivity index (χ2v) is 4.70. The van der Waals surface area contributed by atoms with Gasteiger partial charge in [0, 0.05) is 5.56 Å². The predicted molar refractivity (Wildman–Crippen MR) is 77.8 cm³/mol. The van der Waals surface area contributed by atoms with Gasteiger partial charge in [-0.3, -0.25) is 0 Å². The Morgan fingerprint density at radius 1 is 1.26 bits per heavy atom. The van der Waals surface area contributed by atoms with E-state index in [1.807, 2.05) is 24.3 Å². The fourth-order valence-corrected chi connectivity index (χ4v) is 1.81. The van der Waals surface area contributed by atoms with Gasteiger partial charge in [-0.05, 0) is 42.3 Å². The Morgan fingerprint density at radius 3 is 2.74 bits per heavy atom. The molecule has 0 fully saturated rings. The van der Waals surface area contributed by atoms with E-state index in [1.165, 1.54) is 6.07 Å². The number of halogens is 1. The Kier molecular flexibility index (Phi) is 4.12. The molecule has 0 saturated carbocycles. The van der Waals surface area contributed by atoms with E-state index in [2.05, 4.69) is 0 Å². The van der Waals surface area contributed by atoms with E-state index in [4.69, 9.17) is 22.7 Å². The van der Waals surface area contributed by atoms with Crippen molar-refractivity contribution in [1.29, 1.82) is 0 Å². The van der Waals surface area contributed by atoms with Gasteiger partial charge < -0.3 is 10.5 Å². The van der Waals surface area contributed by atoms with E-state index in [0.717, 1.165) is 11.1 Å². The summed E-state index contributed by atoms with van der Waals surface area (Å²) >= 11 is 4.93. The van der Waals surface area contributed by atoms with Crippen molar-refractivity contribution < 1.29 is 9.13 Å². The number of ether oxygens (including phenoxy) is 1. The molecular formula is C15H14FNOS. The molecule has 98 valence electrons. The Bertz CT molecular complexity index is 613. The topological polar surface area (TPSA) is 35.2 Å². The first-order valence-electron chi connectivity index (χ1n) is 5.84. The molecule has 0 aliphatic heterocycles. The van der Waals surface area contributed by atoms with Crippen LogP contribution in [0.5, 0.6) is 5.75 Å². The molecule has 0 saturated heterocycles. The van der Waals surface area contributed by atoms with Crippen molar-refractivity contribution in [2.75, 3.05) is 0 Å². The third-order valence-corrected chi connectivity index (χ3v) is 2.98. The molecule has 2 aromatic rings. The van der Waals surface area contributed by atoms with Gasteiger partial charge in [0.15, 0.2) is 0 Å². The van der Waals surface area contributed by atoms with Gasteiger partial charge >= 0.3 is 0 Å². The third kappa shape index (κ3) is 3.51. The highest BCUT2D eigenvalue weighted by molar-refractivity contribution is 7.80. The molecule has 2 nitrogen and oxygen atoms in total. The van der Waals surface area contributed by atoms with Crippen LogP contribution >= 0.6 is 12.2 Å². The van der Waals surface area contributed by atoms with Gasteiger partial charge in [-0.1, -0.05) is 30.4 Å². The van der Waals surface area contributed by atoms with Crippen LogP contribution in [-0.4, -0.2) is 4.99 Å². The molecule has 2 rings (SSSR count). The SMILES string of the molecule is Cc1cc(OCc2cccc(C(N)=S)c2)ccc1F. The van der Waals surface area contributed by atoms with Crippen LogP contribution in [0.1, 0.15) is 16.7 Å². The zero-order valence-electron chi connectivity index (χ0n) is 10.5. The van der Waals surface area contributed by atoms with Crippen molar-refractivity contribution in [3.63, 3.8) is 0 Å². The lowest BCUT2D eigenvalue weighted by Gasteiger charge is -2.08. The molecule has 2 N–H and O–H groups in total. The van der Waals surface area contributed by atoms with Crippen LogP contribution in [0.2, 0.25) is 0 Å². The lowest BCUT2D eigenvalue weighted by molar-refractivity contribution is 0.305. The quantitative estimate of drug-likeness (QED) is 0.869. The highest BCUT2D eigenvalue weighted by Crippen LogP contribution is 2.17. The number of benzene rings is 2. The zero-order chi connectivity index (χ0) is 13.8. The van der Waals surface area contributed by atoms with Crippen molar-refractivity contribution in [1.82, 2.24) is 0 Å². The molecule has 2 aromatic carbocycles. The Balaban J connectivity index is 2.07. The molecule has 0 amide bonds. The average molecular weight is 275 g/mol. The summed E-state index contributed by atoms with van der Waals surface area (Å²) in [6.45, 7) is 2.09. The number of hydrogen-bond acceptors (Lipinski definition) is 2. The predicted octanol–water partition coefficient (Wildman–Crippen LogP) is 3.35. The summed E-state index contributed by atoms with van der Waals surface area (Å²) in [5.41, 5.74) is 7.92. The minimum Gasteiger partial charge on any atom is -0.489 e. The number of aryl methyl sites for hydroxylation is 1. The summed E-state index contributed by atoms with van der Waals surface area (Å²) in [6.07, 6.45) is 0. The molecule has 0 heterocycles. The fourth-order valence-electron chi connectivity index (χ4n) is 1.69. The van der Waals surface area contributed by atoms with Gasteiger partial charge in [0.25, 0.3) is 0 Å². The lowest BCUT2D eigenvalue weighted by Crippen LogP contribution is -2.09. The second kappa shape index (κ2) is 5.80. The van der Waals surface area contributed by atoms with Crippen molar-refractivity contribution in [3.8, 4) is 5.75 Å². The summed E-state index contributed by atoms with van der Waals surface area (Å²) in [4.78, 5) is 0.361. The van der Waals surface area contributed by atoms with Crippen molar-refractivity contribution in [2.24, 2.45) is 5.73 Å². The fraction of sp³-hybridized carbons (Fsp3) is 0.133.